The van der Waals surface area contributed by atoms with Gasteiger partial charge in [-0.05, 0) is 49.9 Å². The smallest absolute Gasteiger partial charge is 0.115 e. The quantitative estimate of drug-likeness (QED) is 0.750. The Morgan fingerprint density at radius 1 is 0.789 bits per heavy atom. The van der Waals surface area contributed by atoms with Crippen LogP contribution in [0, 0.1) is 20.8 Å². The van der Waals surface area contributed by atoms with Gasteiger partial charge in [0.15, 0.2) is 0 Å². The van der Waals surface area contributed by atoms with Crippen molar-refractivity contribution in [1.82, 2.24) is 0 Å². The summed E-state index contributed by atoms with van der Waals surface area (Å²) < 4.78 is 0. The normalized spacial score (nSPS) is 10.0. The zero-order chi connectivity index (χ0) is 14.4. The third-order valence-electron chi connectivity index (χ3n) is 3.09. The van der Waals surface area contributed by atoms with Crippen LogP contribution in [0.2, 0.25) is 0 Å². The van der Waals surface area contributed by atoms with E-state index in [2.05, 4.69) is 45.9 Å². The molecule has 0 aliphatic carbocycles. The minimum Gasteiger partial charge on any atom is -0.508 e. The fraction of sp³-hybridized carbons (Fsp3) is 0.333. The fourth-order valence-electron chi connectivity index (χ4n) is 1.93. The number of hydrogen-bond donors (Lipinski definition) is 1. The van der Waals surface area contributed by atoms with E-state index in [1.54, 1.807) is 12.1 Å². The second-order valence-electron chi connectivity index (χ2n) is 5.35. The summed E-state index contributed by atoms with van der Waals surface area (Å²) in [6.45, 7) is 10.8. The van der Waals surface area contributed by atoms with Crippen molar-refractivity contribution in [3.63, 3.8) is 0 Å². The molecule has 0 amide bonds. The van der Waals surface area contributed by atoms with Crippen molar-refractivity contribution >= 4 is 0 Å². The zero-order valence-electron chi connectivity index (χ0n) is 12.6. The molecule has 0 spiro atoms. The lowest BCUT2D eigenvalue weighted by molar-refractivity contribution is 0.475. The Morgan fingerprint density at radius 2 is 1.32 bits per heavy atom. The molecule has 0 aliphatic rings. The first-order valence-corrected chi connectivity index (χ1v) is 6.73. The number of phenolic OH excluding ortho intramolecular Hbond substituents is 1. The van der Waals surface area contributed by atoms with Crippen molar-refractivity contribution in [3.05, 3.63) is 64.7 Å². The highest BCUT2D eigenvalue weighted by Crippen LogP contribution is 2.19. The van der Waals surface area contributed by atoms with Gasteiger partial charge in [0.1, 0.15) is 5.75 Å². The highest BCUT2D eigenvalue weighted by Gasteiger charge is 2.01. The van der Waals surface area contributed by atoms with Crippen molar-refractivity contribution < 1.29 is 5.11 Å². The topological polar surface area (TPSA) is 20.2 Å². The standard InChI is InChI=1S/C11H16.C7H8O/c1-8(2)11-7-9(3)5-6-10(11)4;1-6-2-4-7(8)5-3-6/h5-8H,1-4H3;2-5,8H,1H3. The van der Waals surface area contributed by atoms with Crippen molar-refractivity contribution in [3.8, 4) is 5.75 Å². The van der Waals surface area contributed by atoms with Crippen LogP contribution in [-0.2, 0) is 0 Å². The summed E-state index contributed by atoms with van der Waals surface area (Å²) in [4.78, 5) is 0. The second-order valence-corrected chi connectivity index (χ2v) is 5.35. The van der Waals surface area contributed by atoms with Crippen LogP contribution in [0.1, 0.15) is 42.0 Å². The lowest BCUT2D eigenvalue weighted by Crippen LogP contribution is -1.91. The van der Waals surface area contributed by atoms with E-state index in [9.17, 15) is 0 Å². The summed E-state index contributed by atoms with van der Waals surface area (Å²) in [5, 5.41) is 8.76. The molecule has 2 aromatic carbocycles. The Morgan fingerprint density at radius 3 is 1.74 bits per heavy atom. The largest absolute Gasteiger partial charge is 0.508 e. The molecule has 0 aromatic heterocycles. The molecule has 1 nitrogen and oxygen atoms in total. The molecule has 0 saturated carbocycles. The number of aryl methyl sites for hydroxylation is 3. The summed E-state index contributed by atoms with van der Waals surface area (Å²) in [5.41, 5.74) is 5.41. The van der Waals surface area contributed by atoms with E-state index < -0.39 is 0 Å². The highest BCUT2D eigenvalue weighted by atomic mass is 16.3. The minimum atomic E-state index is 0.329. The van der Waals surface area contributed by atoms with Crippen LogP contribution in [0.3, 0.4) is 0 Å². The predicted molar refractivity (Wildman–Crippen MR) is 82.8 cm³/mol. The monoisotopic (exact) mass is 256 g/mol. The molecule has 0 aliphatic heterocycles. The lowest BCUT2D eigenvalue weighted by atomic mass is 9.96. The van der Waals surface area contributed by atoms with Crippen molar-refractivity contribution in [2.45, 2.75) is 40.5 Å². The molecule has 102 valence electrons. The van der Waals surface area contributed by atoms with E-state index in [1.807, 2.05) is 19.1 Å². The molecule has 2 rings (SSSR count). The molecule has 1 N–H and O–H groups in total. The maximum absolute atomic E-state index is 8.76. The SMILES string of the molecule is Cc1ccc(C)c(C(C)C)c1.Cc1ccc(O)cc1. The first-order valence-electron chi connectivity index (χ1n) is 6.73. The van der Waals surface area contributed by atoms with E-state index >= 15 is 0 Å². The number of hydrogen-bond acceptors (Lipinski definition) is 1. The summed E-state index contributed by atoms with van der Waals surface area (Å²) in [6, 6.07) is 13.7. The molecule has 0 unspecified atom stereocenters. The van der Waals surface area contributed by atoms with Gasteiger partial charge in [-0.2, -0.15) is 0 Å². The molecule has 0 radical (unpaired) electrons. The number of phenols is 1. The first kappa shape index (κ1) is 15.3. The van der Waals surface area contributed by atoms with Gasteiger partial charge in [-0.25, -0.2) is 0 Å². The van der Waals surface area contributed by atoms with Crippen LogP contribution >= 0.6 is 0 Å². The Bertz CT molecular complexity index is 489. The van der Waals surface area contributed by atoms with Gasteiger partial charge in [-0.3, -0.25) is 0 Å². The number of benzene rings is 2. The molecule has 0 bridgehead atoms. The van der Waals surface area contributed by atoms with Crippen LogP contribution in [-0.4, -0.2) is 5.11 Å². The van der Waals surface area contributed by atoms with E-state index in [0.717, 1.165) is 0 Å². The van der Waals surface area contributed by atoms with Gasteiger partial charge in [0, 0.05) is 0 Å². The Kier molecular flexibility index (Phi) is 5.62. The van der Waals surface area contributed by atoms with E-state index in [0.29, 0.717) is 11.7 Å². The molecule has 0 saturated heterocycles. The highest BCUT2D eigenvalue weighted by molar-refractivity contribution is 5.32. The van der Waals surface area contributed by atoms with Gasteiger partial charge in [-0.1, -0.05) is 55.3 Å². The van der Waals surface area contributed by atoms with E-state index in [1.165, 1.54) is 22.3 Å². The van der Waals surface area contributed by atoms with Crippen molar-refractivity contribution in [1.29, 1.82) is 0 Å². The maximum atomic E-state index is 8.76. The van der Waals surface area contributed by atoms with Crippen molar-refractivity contribution in [2.75, 3.05) is 0 Å². The Balaban J connectivity index is 0.000000200. The van der Waals surface area contributed by atoms with Crippen molar-refractivity contribution in [2.24, 2.45) is 0 Å². The zero-order valence-corrected chi connectivity index (χ0v) is 12.6. The third kappa shape index (κ3) is 5.17. The number of rotatable bonds is 1. The third-order valence-corrected chi connectivity index (χ3v) is 3.09. The van der Waals surface area contributed by atoms with E-state index in [4.69, 9.17) is 5.11 Å². The predicted octanol–water partition coefficient (Wildman–Crippen LogP) is 5.13. The average Bonchev–Trinajstić information content (AvgIpc) is 2.36. The number of aromatic hydroxyl groups is 1. The van der Waals surface area contributed by atoms with Crippen LogP contribution in [0.4, 0.5) is 0 Å². The molecular weight excluding hydrogens is 232 g/mol. The maximum Gasteiger partial charge on any atom is 0.115 e. The van der Waals surface area contributed by atoms with E-state index in [-0.39, 0.29) is 0 Å². The van der Waals surface area contributed by atoms with Crippen LogP contribution in [0.25, 0.3) is 0 Å². The molecule has 1 heteroatoms. The summed E-state index contributed by atoms with van der Waals surface area (Å²) in [6.07, 6.45) is 0. The van der Waals surface area contributed by atoms with Gasteiger partial charge in [0.05, 0.1) is 0 Å². The average molecular weight is 256 g/mol. The van der Waals surface area contributed by atoms with Gasteiger partial charge < -0.3 is 5.11 Å². The molecular formula is C18H24O. The lowest BCUT2D eigenvalue weighted by Gasteiger charge is -2.09. The molecule has 2 aromatic rings. The summed E-state index contributed by atoms with van der Waals surface area (Å²) >= 11 is 0. The molecule has 0 atom stereocenters. The Labute approximate surface area is 116 Å². The van der Waals surface area contributed by atoms with Gasteiger partial charge >= 0.3 is 0 Å². The molecule has 19 heavy (non-hydrogen) atoms. The molecule has 0 heterocycles. The Hall–Kier alpha value is -1.76. The van der Waals surface area contributed by atoms with Gasteiger partial charge in [-0.15, -0.1) is 0 Å². The second kappa shape index (κ2) is 6.98. The van der Waals surface area contributed by atoms with Crippen LogP contribution in [0.15, 0.2) is 42.5 Å². The van der Waals surface area contributed by atoms with Gasteiger partial charge in [0.25, 0.3) is 0 Å². The first-order chi connectivity index (χ1) is 8.90. The van der Waals surface area contributed by atoms with Gasteiger partial charge in [0.2, 0.25) is 0 Å². The summed E-state index contributed by atoms with van der Waals surface area (Å²) in [5.74, 6) is 0.977. The fourth-order valence-corrected chi connectivity index (χ4v) is 1.93. The molecule has 0 fully saturated rings. The summed E-state index contributed by atoms with van der Waals surface area (Å²) in [7, 11) is 0. The van der Waals surface area contributed by atoms with Crippen LogP contribution in [0.5, 0.6) is 5.75 Å². The van der Waals surface area contributed by atoms with Crippen LogP contribution < -0.4 is 0 Å². The minimum absolute atomic E-state index is 0.329.